The van der Waals surface area contributed by atoms with Gasteiger partial charge in [0.2, 0.25) is 7.60 Å². The van der Waals surface area contributed by atoms with Crippen LogP contribution in [0.3, 0.4) is 0 Å². The van der Waals surface area contributed by atoms with Crippen molar-refractivity contribution < 1.29 is 75.2 Å². The molecule has 7 nitrogen and oxygen atoms in total. The van der Waals surface area contributed by atoms with E-state index in [1.807, 2.05) is 0 Å². The molecule has 0 saturated heterocycles. The summed E-state index contributed by atoms with van der Waals surface area (Å²) >= 11 is 0. The number of aliphatic hydroxyl groups is 1. The average molecular weight is 355 g/mol. The number of hydrogen-bond donors (Lipinski definition) is 1. The molecule has 0 spiro atoms. The third kappa shape index (κ3) is 5.61. The summed E-state index contributed by atoms with van der Waals surface area (Å²) in [6.45, 7) is 2.81. The quantitative estimate of drug-likeness (QED) is 0.451. The second-order valence-corrected chi connectivity index (χ2v) is 5.45. The Morgan fingerprint density at radius 1 is 1.38 bits per heavy atom. The SMILES string of the molecule is C=COP(=O)([O-])C(O)P(=O)([O-])[O-].[Ce+3]. The maximum absolute atomic E-state index is 10.5. The molecule has 0 amide bonds. The van der Waals surface area contributed by atoms with Gasteiger partial charge in [0.15, 0.2) is 5.59 Å². The van der Waals surface area contributed by atoms with Crippen LogP contribution in [0.1, 0.15) is 0 Å². The monoisotopic (exact) mass is 355 g/mol. The van der Waals surface area contributed by atoms with Gasteiger partial charge in [0, 0.05) is 0 Å². The molecule has 1 N–H and O–H groups in total. The Morgan fingerprint density at radius 2 is 1.77 bits per heavy atom. The van der Waals surface area contributed by atoms with Gasteiger partial charge in [0.1, 0.15) is 0 Å². The topological polar surface area (TPSA) is 133 Å². The van der Waals surface area contributed by atoms with Crippen LogP contribution in [0.4, 0.5) is 0 Å². The molecule has 0 aromatic rings. The molecule has 2 atom stereocenters. The van der Waals surface area contributed by atoms with E-state index in [2.05, 4.69) is 11.1 Å². The zero-order chi connectivity index (χ0) is 9.99. The predicted molar refractivity (Wildman–Crippen MR) is 32.5 cm³/mol. The smallest absolute Gasteiger partial charge is 0.809 e. The number of hydrogen-bond acceptors (Lipinski definition) is 7. The normalized spacial score (nSPS) is 17.8. The molecule has 2 unspecified atom stereocenters. The van der Waals surface area contributed by atoms with Crippen LogP contribution in [0.5, 0.6) is 0 Å². The van der Waals surface area contributed by atoms with Crippen LogP contribution in [0, 0.1) is 41.7 Å². The molecule has 1 radical (unpaired) electrons. The Balaban J connectivity index is 0. The first-order chi connectivity index (χ1) is 5.22. The fraction of sp³-hybridized carbons (Fsp3) is 0.333. The maximum atomic E-state index is 10.5. The Hall–Kier alpha value is 1.22. The van der Waals surface area contributed by atoms with Crippen LogP contribution >= 0.6 is 15.2 Å². The molecule has 0 saturated carbocycles. The summed E-state index contributed by atoms with van der Waals surface area (Å²) in [6.07, 6.45) is 0.395. The van der Waals surface area contributed by atoms with E-state index in [1.165, 1.54) is 0 Å². The van der Waals surface area contributed by atoms with Gasteiger partial charge in [-0.2, -0.15) is 0 Å². The summed E-state index contributed by atoms with van der Waals surface area (Å²) in [5.41, 5.74) is -3.07. The largest absolute Gasteiger partial charge is 3.00 e. The first-order valence-electron chi connectivity index (χ1n) is 2.51. The molecule has 0 bridgehead atoms. The van der Waals surface area contributed by atoms with E-state index in [4.69, 9.17) is 5.11 Å². The minimum absolute atomic E-state index is 0. The van der Waals surface area contributed by atoms with Gasteiger partial charge in [0.05, 0.1) is 6.26 Å². The summed E-state index contributed by atoms with van der Waals surface area (Å²) < 4.78 is 24.1. The zero-order valence-corrected chi connectivity index (χ0v) is 11.1. The minimum atomic E-state index is -5.60. The number of aliphatic hydroxyl groups excluding tert-OH is 1. The molecule has 0 fully saturated rings. The molecule has 13 heavy (non-hydrogen) atoms. The van der Waals surface area contributed by atoms with Gasteiger partial charge >= 0.3 is 41.7 Å². The van der Waals surface area contributed by atoms with E-state index < -0.39 is 20.8 Å². The van der Waals surface area contributed by atoms with Crippen molar-refractivity contribution in [2.75, 3.05) is 0 Å². The minimum Gasteiger partial charge on any atom is -0.809 e. The van der Waals surface area contributed by atoms with E-state index in [9.17, 15) is 23.8 Å². The van der Waals surface area contributed by atoms with Crippen LogP contribution in [-0.2, 0) is 13.7 Å². The van der Waals surface area contributed by atoms with Gasteiger partial charge in [-0.05, 0) is 7.60 Å². The van der Waals surface area contributed by atoms with Crippen LogP contribution in [0.25, 0.3) is 0 Å². The summed E-state index contributed by atoms with van der Waals surface area (Å²) in [7, 11) is -10.7. The summed E-state index contributed by atoms with van der Waals surface area (Å²) in [4.78, 5) is 30.5. The van der Waals surface area contributed by atoms with Gasteiger partial charge in [-0.15, -0.1) is 0 Å². The Labute approximate surface area is 108 Å². The van der Waals surface area contributed by atoms with Crippen molar-refractivity contribution >= 4 is 15.2 Å². The van der Waals surface area contributed by atoms with Gasteiger partial charge < -0.3 is 28.9 Å². The first-order valence-corrected chi connectivity index (χ1v) is 5.74. The van der Waals surface area contributed by atoms with Crippen molar-refractivity contribution in [2.45, 2.75) is 5.59 Å². The molecular formula is C3H5CeO7P2. The molecule has 0 aromatic heterocycles. The van der Waals surface area contributed by atoms with Gasteiger partial charge in [0.25, 0.3) is 0 Å². The molecule has 0 aliphatic heterocycles. The zero-order valence-electron chi connectivity index (χ0n) is 6.15. The Bertz CT molecular complexity index is 258. The van der Waals surface area contributed by atoms with Gasteiger partial charge in [-0.25, -0.2) is 0 Å². The maximum Gasteiger partial charge on any atom is 3.00 e. The molecular weight excluding hydrogens is 350 g/mol. The summed E-state index contributed by atoms with van der Waals surface area (Å²) in [5, 5.41) is 8.41. The molecule has 10 heteroatoms. The number of rotatable bonds is 4. The summed E-state index contributed by atoms with van der Waals surface area (Å²) in [5.74, 6) is 0. The van der Waals surface area contributed by atoms with E-state index >= 15 is 0 Å². The van der Waals surface area contributed by atoms with Crippen molar-refractivity contribution in [2.24, 2.45) is 0 Å². The second-order valence-electron chi connectivity index (χ2n) is 1.70. The average Bonchev–Trinajstić information content (AvgIpc) is 1.84. The van der Waals surface area contributed by atoms with E-state index in [0.29, 0.717) is 6.26 Å². The molecule has 0 aliphatic carbocycles. The van der Waals surface area contributed by atoms with Crippen molar-refractivity contribution in [1.29, 1.82) is 0 Å². The fourth-order valence-electron chi connectivity index (χ4n) is 0.332. The predicted octanol–water partition coefficient (Wildman–Crippen LogP) is -2.11. The van der Waals surface area contributed by atoms with E-state index in [0.717, 1.165) is 0 Å². The van der Waals surface area contributed by atoms with Crippen LogP contribution < -0.4 is 14.7 Å². The second kappa shape index (κ2) is 5.94. The molecule has 0 aliphatic rings. The first kappa shape index (κ1) is 16.6. The van der Waals surface area contributed by atoms with Crippen molar-refractivity contribution in [1.82, 2.24) is 0 Å². The van der Waals surface area contributed by atoms with Crippen LogP contribution in [0.15, 0.2) is 12.8 Å². The van der Waals surface area contributed by atoms with Crippen molar-refractivity contribution in [3.8, 4) is 0 Å². The molecule has 0 rings (SSSR count). The van der Waals surface area contributed by atoms with Crippen molar-refractivity contribution in [3.63, 3.8) is 0 Å². The summed E-state index contributed by atoms with van der Waals surface area (Å²) in [6, 6.07) is 0. The standard InChI is InChI=1S/C3H8O7P2.Ce/c1-2-10-12(8,9)3(4)11(5,6)7;/h2-4H,1H2,(H,8,9)(H2,5,6,7);/q;+3/p-3. The molecule has 0 aromatic carbocycles. The van der Waals surface area contributed by atoms with Crippen LogP contribution in [-0.4, -0.2) is 10.7 Å². The molecule has 73 valence electrons. The van der Waals surface area contributed by atoms with Gasteiger partial charge in [-0.3, -0.25) is 4.57 Å². The Morgan fingerprint density at radius 3 is 2.00 bits per heavy atom. The van der Waals surface area contributed by atoms with Gasteiger partial charge in [-0.1, -0.05) is 6.58 Å². The van der Waals surface area contributed by atoms with E-state index in [-0.39, 0.29) is 41.7 Å². The van der Waals surface area contributed by atoms with E-state index in [1.54, 1.807) is 0 Å². The third-order valence-electron chi connectivity index (χ3n) is 0.787. The molecule has 0 heterocycles. The van der Waals surface area contributed by atoms with Crippen LogP contribution in [0.2, 0.25) is 0 Å². The third-order valence-corrected chi connectivity index (χ3v) is 4.06. The van der Waals surface area contributed by atoms with Crippen molar-refractivity contribution in [3.05, 3.63) is 12.8 Å². The Kier molecular flexibility index (Phi) is 7.61. The fourth-order valence-corrected chi connectivity index (χ4v) is 2.20.